The molecule has 2 heterocycles. The van der Waals surface area contributed by atoms with Crippen LogP contribution in [0, 0.1) is 6.92 Å². The predicted octanol–water partition coefficient (Wildman–Crippen LogP) is 3.67. The van der Waals surface area contributed by atoms with E-state index in [4.69, 9.17) is 14.2 Å². The minimum Gasteiger partial charge on any atom is -0.550 e. The number of carbonyl (C=O) groups excluding carboxylic acids is 2. The maximum Gasteiger partial charge on any atom is 1.00 e. The number of piperazine rings is 1. The molecule has 1 aliphatic rings. The largest absolute Gasteiger partial charge is 1.00 e. The normalized spacial score (nSPS) is 13.1. The van der Waals surface area contributed by atoms with E-state index in [0.29, 0.717) is 55.4 Å². The van der Waals surface area contributed by atoms with Gasteiger partial charge in [-0.2, -0.15) is 0 Å². The molecule has 53 heavy (non-hydrogen) atoms. The standard InChI is InChI=1S/C43H49N3O6.K/c1-3-50-39-14-7-6-13-38(39)45-26-24-44(25-27-45)22-8-9-28-51-41-29-34(20-21-40(41)52-31-33-18-16-32(2)17-19-33)43(49)36-30-46(23-10-15-42(47)48)37-12-5-4-11-35(36)37;/h4-7,11-14,16-21,29-30H,3,8-10,15,22-28,31H2,1-2H3,(H,47,48);/q;+1/p-1. The van der Waals surface area contributed by atoms with Crippen LogP contribution in [0.25, 0.3) is 10.9 Å². The van der Waals surface area contributed by atoms with Gasteiger partial charge in [-0.1, -0.05) is 60.2 Å². The van der Waals surface area contributed by atoms with Gasteiger partial charge in [0.15, 0.2) is 17.3 Å². The van der Waals surface area contributed by atoms with Crippen LogP contribution >= 0.6 is 0 Å². The van der Waals surface area contributed by atoms with Crippen molar-refractivity contribution in [2.45, 2.75) is 52.7 Å². The number of fused-ring (bicyclic) bond motifs is 1. The predicted molar refractivity (Wildman–Crippen MR) is 203 cm³/mol. The van der Waals surface area contributed by atoms with E-state index in [0.717, 1.165) is 73.5 Å². The van der Waals surface area contributed by atoms with Crippen LogP contribution in [0.1, 0.15) is 59.7 Å². The number of anilines is 1. The first-order valence-corrected chi connectivity index (χ1v) is 18.4. The van der Waals surface area contributed by atoms with Crippen molar-refractivity contribution in [2.75, 3.05) is 50.8 Å². The van der Waals surface area contributed by atoms with E-state index in [2.05, 4.69) is 41.0 Å². The van der Waals surface area contributed by atoms with Crippen molar-refractivity contribution in [3.63, 3.8) is 0 Å². The van der Waals surface area contributed by atoms with Gasteiger partial charge >= 0.3 is 51.4 Å². The Labute approximate surface area is 355 Å². The molecular weight excluding hydrogens is 694 g/mol. The van der Waals surface area contributed by atoms with E-state index in [1.807, 2.05) is 72.3 Å². The van der Waals surface area contributed by atoms with Crippen molar-refractivity contribution in [1.29, 1.82) is 0 Å². The van der Waals surface area contributed by atoms with Gasteiger partial charge in [-0.05, 0) is 88.0 Å². The number of carbonyl (C=O) groups is 2. The molecule has 0 spiro atoms. The van der Waals surface area contributed by atoms with Gasteiger partial charge in [-0.15, -0.1) is 0 Å². The maximum absolute atomic E-state index is 14.0. The molecule has 1 saturated heterocycles. The Hall–Kier alpha value is -3.64. The number of para-hydroxylation sites is 3. The minimum atomic E-state index is -1.08. The molecule has 1 aliphatic heterocycles. The van der Waals surface area contributed by atoms with E-state index >= 15 is 0 Å². The molecule has 5 aromatic rings. The second-order valence-electron chi connectivity index (χ2n) is 13.3. The van der Waals surface area contributed by atoms with Gasteiger partial charge in [-0.3, -0.25) is 9.69 Å². The van der Waals surface area contributed by atoms with Crippen LogP contribution in [-0.4, -0.2) is 67.2 Å². The number of aliphatic carboxylic acids is 1. The Morgan fingerprint density at radius 1 is 0.755 bits per heavy atom. The first-order chi connectivity index (χ1) is 25.4. The number of aryl methyl sites for hydroxylation is 2. The number of hydrogen-bond acceptors (Lipinski definition) is 8. The number of ketones is 1. The van der Waals surface area contributed by atoms with Gasteiger partial charge in [0.05, 0.1) is 18.9 Å². The SMILES string of the molecule is CCOc1ccccc1N1CCN(CCCCOc2cc(C(=O)c3cn(CCCC(=O)[O-])c4ccccc34)ccc2OCc2ccc(C)cc2)CC1.[K+]. The fourth-order valence-corrected chi connectivity index (χ4v) is 6.72. The molecule has 272 valence electrons. The summed E-state index contributed by atoms with van der Waals surface area (Å²) in [4.78, 5) is 29.9. The number of benzene rings is 4. The Bertz CT molecular complexity index is 1950. The summed E-state index contributed by atoms with van der Waals surface area (Å²) >= 11 is 0. The van der Waals surface area contributed by atoms with E-state index in [1.54, 1.807) is 12.1 Å². The van der Waals surface area contributed by atoms with Crippen molar-refractivity contribution in [3.05, 3.63) is 119 Å². The minimum absolute atomic E-state index is 0. The van der Waals surface area contributed by atoms with E-state index in [1.165, 1.54) is 5.56 Å². The van der Waals surface area contributed by atoms with Crippen LogP contribution in [0.4, 0.5) is 5.69 Å². The van der Waals surface area contributed by atoms with Crippen molar-refractivity contribution in [3.8, 4) is 17.2 Å². The van der Waals surface area contributed by atoms with Gasteiger partial charge < -0.3 is 33.6 Å². The molecule has 0 aliphatic carbocycles. The molecule has 0 N–H and O–H groups in total. The summed E-state index contributed by atoms with van der Waals surface area (Å²) in [6.45, 7) is 11.0. The summed E-state index contributed by atoms with van der Waals surface area (Å²) in [5.74, 6) is 0.861. The van der Waals surface area contributed by atoms with E-state index in [9.17, 15) is 14.7 Å². The second-order valence-corrected chi connectivity index (χ2v) is 13.3. The number of nitrogens with zero attached hydrogens (tertiary/aromatic N) is 3. The van der Waals surface area contributed by atoms with Gasteiger partial charge in [0, 0.05) is 66.9 Å². The van der Waals surface area contributed by atoms with Gasteiger partial charge in [0.25, 0.3) is 0 Å². The molecule has 0 unspecified atom stereocenters. The summed E-state index contributed by atoms with van der Waals surface area (Å²) in [6.07, 6.45) is 4.05. The summed E-state index contributed by atoms with van der Waals surface area (Å²) < 4.78 is 20.4. The average Bonchev–Trinajstić information content (AvgIpc) is 3.53. The fourth-order valence-electron chi connectivity index (χ4n) is 6.72. The third-order valence-corrected chi connectivity index (χ3v) is 9.54. The monoisotopic (exact) mass is 741 g/mol. The number of hydrogen-bond donors (Lipinski definition) is 0. The molecule has 0 amide bonds. The summed E-state index contributed by atoms with van der Waals surface area (Å²) in [5, 5.41) is 11.8. The van der Waals surface area contributed by atoms with Gasteiger partial charge in [-0.25, -0.2) is 0 Å². The van der Waals surface area contributed by atoms with Crippen molar-refractivity contribution >= 4 is 28.3 Å². The Balaban J connectivity index is 0.00000541. The zero-order chi connectivity index (χ0) is 36.3. The molecule has 0 bridgehead atoms. The number of carboxylic acid groups (broad SMARTS) is 1. The van der Waals surface area contributed by atoms with Crippen LogP contribution in [0.3, 0.4) is 0 Å². The zero-order valence-electron chi connectivity index (χ0n) is 31.2. The molecular formula is C43H48KN3O6. The van der Waals surface area contributed by atoms with Crippen LogP contribution in [0.15, 0.2) is 97.2 Å². The molecule has 9 nitrogen and oxygen atoms in total. The van der Waals surface area contributed by atoms with Gasteiger partial charge in [0.2, 0.25) is 0 Å². The van der Waals surface area contributed by atoms with Crippen LogP contribution in [0.2, 0.25) is 0 Å². The molecule has 1 fully saturated rings. The smallest absolute Gasteiger partial charge is 0.550 e. The Kier molecular flexibility index (Phi) is 15.4. The molecule has 10 heteroatoms. The van der Waals surface area contributed by atoms with Gasteiger partial charge in [0.1, 0.15) is 12.4 Å². The number of ether oxygens (including phenoxy) is 3. The van der Waals surface area contributed by atoms with Crippen molar-refractivity contribution in [2.24, 2.45) is 0 Å². The second kappa shape index (κ2) is 20.2. The van der Waals surface area contributed by atoms with E-state index in [-0.39, 0.29) is 63.6 Å². The van der Waals surface area contributed by atoms with Crippen LogP contribution in [0.5, 0.6) is 17.2 Å². The van der Waals surface area contributed by atoms with E-state index < -0.39 is 5.97 Å². The summed E-state index contributed by atoms with van der Waals surface area (Å²) in [6, 6.07) is 29.6. The maximum atomic E-state index is 14.0. The fraction of sp³-hybridized carbons (Fsp3) is 0.349. The topological polar surface area (TPSA) is 96.3 Å². The molecule has 6 rings (SSSR count). The number of rotatable bonds is 18. The summed E-state index contributed by atoms with van der Waals surface area (Å²) in [7, 11) is 0. The number of carboxylic acids is 1. The zero-order valence-corrected chi connectivity index (χ0v) is 34.3. The molecule has 0 saturated carbocycles. The van der Waals surface area contributed by atoms with Crippen LogP contribution < -0.4 is 75.6 Å². The molecule has 0 radical (unpaired) electrons. The first kappa shape index (κ1) is 40.5. The van der Waals surface area contributed by atoms with Crippen molar-refractivity contribution in [1.82, 2.24) is 9.47 Å². The average molecular weight is 742 g/mol. The van der Waals surface area contributed by atoms with Crippen LogP contribution in [-0.2, 0) is 17.9 Å². The third-order valence-electron chi connectivity index (χ3n) is 9.54. The van der Waals surface area contributed by atoms with Crippen molar-refractivity contribution < 1.29 is 80.3 Å². The summed E-state index contributed by atoms with van der Waals surface area (Å²) in [5.41, 5.74) is 5.34. The Morgan fingerprint density at radius 3 is 2.28 bits per heavy atom. The Morgan fingerprint density at radius 2 is 1.51 bits per heavy atom. The third kappa shape index (κ3) is 11.0. The molecule has 4 aromatic carbocycles. The number of aromatic nitrogens is 1. The first-order valence-electron chi connectivity index (χ1n) is 18.4. The quantitative estimate of drug-likeness (QED) is 0.0764. The number of unbranched alkanes of at least 4 members (excludes halogenated alkanes) is 1. The molecule has 1 aromatic heterocycles. The molecule has 0 atom stereocenters.